The minimum atomic E-state index is 0.910. The van der Waals surface area contributed by atoms with Crippen LogP contribution in [0, 0.1) is 13.8 Å². The number of hydrogen-bond acceptors (Lipinski definition) is 2. The molecule has 0 bridgehead atoms. The molecular weight excluding hydrogens is 138 g/mol. The van der Waals surface area contributed by atoms with E-state index in [9.17, 15) is 0 Å². The highest BCUT2D eigenvalue weighted by atomic mass is 15.0. The van der Waals surface area contributed by atoms with Crippen molar-refractivity contribution >= 4 is 5.65 Å². The zero-order chi connectivity index (χ0) is 7.84. The van der Waals surface area contributed by atoms with Crippen molar-refractivity contribution in [3.8, 4) is 0 Å². The van der Waals surface area contributed by atoms with Crippen LogP contribution in [0.25, 0.3) is 5.65 Å². The molecule has 2 heterocycles. The smallest absolute Gasteiger partial charge is 0.155 e. The van der Waals surface area contributed by atoms with Crippen LogP contribution in [-0.4, -0.2) is 14.4 Å². The fraction of sp³-hybridized carbons (Fsp3) is 0.250. The van der Waals surface area contributed by atoms with Gasteiger partial charge in [-0.3, -0.25) is 4.98 Å². The standard InChI is InChI=1S/C8H9N3/c1-6-5-11-7(2)3-10-8(11)4-9-6/h3-5H,1-2H3. The summed E-state index contributed by atoms with van der Waals surface area (Å²) in [5.74, 6) is 0. The molecule has 0 spiro atoms. The number of nitrogens with zero attached hydrogens (tertiary/aromatic N) is 3. The third-order valence-electron chi connectivity index (χ3n) is 1.71. The molecule has 3 heteroatoms. The Labute approximate surface area is 64.7 Å². The highest BCUT2D eigenvalue weighted by molar-refractivity contribution is 5.37. The van der Waals surface area contributed by atoms with Gasteiger partial charge in [0, 0.05) is 18.1 Å². The molecule has 2 rings (SSSR count). The molecule has 0 saturated carbocycles. The number of hydrogen-bond donors (Lipinski definition) is 0. The number of imidazole rings is 1. The lowest BCUT2D eigenvalue weighted by Gasteiger charge is -1.95. The molecule has 0 N–H and O–H groups in total. The first-order valence-electron chi connectivity index (χ1n) is 3.54. The Morgan fingerprint density at radius 2 is 2.00 bits per heavy atom. The van der Waals surface area contributed by atoms with Crippen LogP contribution in [0.3, 0.4) is 0 Å². The molecular formula is C8H9N3. The maximum Gasteiger partial charge on any atom is 0.155 e. The van der Waals surface area contributed by atoms with Gasteiger partial charge in [0.05, 0.1) is 11.9 Å². The first kappa shape index (κ1) is 6.34. The summed E-state index contributed by atoms with van der Waals surface area (Å²) in [5, 5.41) is 0. The van der Waals surface area contributed by atoms with E-state index in [1.165, 1.54) is 0 Å². The summed E-state index contributed by atoms with van der Waals surface area (Å²) in [4.78, 5) is 8.30. The molecule has 0 atom stereocenters. The number of aromatic nitrogens is 3. The van der Waals surface area contributed by atoms with Gasteiger partial charge in [0.1, 0.15) is 0 Å². The molecule has 2 aromatic heterocycles. The number of rotatable bonds is 0. The largest absolute Gasteiger partial charge is 0.301 e. The minimum Gasteiger partial charge on any atom is -0.301 e. The van der Waals surface area contributed by atoms with Crippen molar-refractivity contribution in [1.29, 1.82) is 0 Å². The molecule has 0 aliphatic heterocycles. The molecule has 11 heavy (non-hydrogen) atoms. The first-order chi connectivity index (χ1) is 5.27. The fourth-order valence-corrected chi connectivity index (χ4v) is 1.11. The van der Waals surface area contributed by atoms with E-state index in [1.54, 1.807) is 6.20 Å². The molecule has 0 radical (unpaired) electrons. The Bertz CT molecular complexity index is 389. The minimum absolute atomic E-state index is 0.910. The lowest BCUT2D eigenvalue weighted by Crippen LogP contribution is -1.90. The van der Waals surface area contributed by atoms with E-state index in [-0.39, 0.29) is 0 Å². The van der Waals surface area contributed by atoms with Crippen molar-refractivity contribution in [2.45, 2.75) is 13.8 Å². The van der Waals surface area contributed by atoms with Gasteiger partial charge >= 0.3 is 0 Å². The van der Waals surface area contributed by atoms with Gasteiger partial charge in [0.2, 0.25) is 0 Å². The second-order valence-corrected chi connectivity index (χ2v) is 2.66. The van der Waals surface area contributed by atoms with Crippen LogP contribution < -0.4 is 0 Å². The second kappa shape index (κ2) is 2.05. The van der Waals surface area contributed by atoms with Crippen molar-refractivity contribution < 1.29 is 0 Å². The van der Waals surface area contributed by atoms with Crippen LogP contribution >= 0.6 is 0 Å². The molecule has 0 amide bonds. The fourth-order valence-electron chi connectivity index (χ4n) is 1.11. The quantitative estimate of drug-likeness (QED) is 0.563. The molecule has 0 aliphatic carbocycles. The van der Waals surface area contributed by atoms with Crippen LogP contribution in [0.2, 0.25) is 0 Å². The van der Waals surface area contributed by atoms with Gasteiger partial charge in [-0.05, 0) is 13.8 Å². The van der Waals surface area contributed by atoms with Crippen molar-refractivity contribution in [3.05, 3.63) is 30.0 Å². The lowest BCUT2D eigenvalue weighted by atomic mass is 10.5. The van der Waals surface area contributed by atoms with Gasteiger partial charge < -0.3 is 4.40 Å². The predicted octanol–water partition coefficient (Wildman–Crippen LogP) is 1.35. The highest BCUT2D eigenvalue weighted by Gasteiger charge is 1.97. The van der Waals surface area contributed by atoms with Gasteiger partial charge in [0.15, 0.2) is 5.65 Å². The Morgan fingerprint density at radius 1 is 1.18 bits per heavy atom. The molecule has 0 unspecified atom stereocenters. The summed E-state index contributed by atoms with van der Waals surface area (Å²) >= 11 is 0. The first-order valence-corrected chi connectivity index (χ1v) is 3.54. The van der Waals surface area contributed by atoms with Gasteiger partial charge in [-0.2, -0.15) is 0 Å². The highest BCUT2D eigenvalue weighted by Crippen LogP contribution is 2.04. The Kier molecular flexibility index (Phi) is 1.18. The third kappa shape index (κ3) is 0.888. The summed E-state index contributed by atoms with van der Waals surface area (Å²) in [6.45, 7) is 4.00. The molecule has 3 nitrogen and oxygen atoms in total. The average Bonchev–Trinajstić information content (AvgIpc) is 2.33. The van der Waals surface area contributed by atoms with E-state index < -0.39 is 0 Å². The van der Waals surface area contributed by atoms with Crippen molar-refractivity contribution in [1.82, 2.24) is 14.4 Å². The van der Waals surface area contributed by atoms with Crippen LogP contribution in [0.5, 0.6) is 0 Å². The second-order valence-electron chi connectivity index (χ2n) is 2.66. The summed E-state index contributed by atoms with van der Waals surface area (Å²) < 4.78 is 2.03. The summed E-state index contributed by atoms with van der Waals surface area (Å²) in [6.07, 6.45) is 5.61. The molecule has 0 aromatic carbocycles. The van der Waals surface area contributed by atoms with Gasteiger partial charge in [-0.15, -0.1) is 0 Å². The Hall–Kier alpha value is -1.38. The summed E-state index contributed by atoms with van der Waals surface area (Å²) in [5.41, 5.74) is 3.07. The third-order valence-corrected chi connectivity index (χ3v) is 1.71. The zero-order valence-corrected chi connectivity index (χ0v) is 6.57. The predicted molar refractivity (Wildman–Crippen MR) is 42.5 cm³/mol. The topological polar surface area (TPSA) is 30.2 Å². The zero-order valence-electron chi connectivity index (χ0n) is 6.57. The maximum absolute atomic E-state index is 4.16. The summed E-state index contributed by atoms with van der Waals surface area (Å²) in [7, 11) is 0. The lowest BCUT2D eigenvalue weighted by molar-refractivity contribution is 1.03. The van der Waals surface area contributed by atoms with E-state index in [4.69, 9.17) is 0 Å². The van der Waals surface area contributed by atoms with Crippen molar-refractivity contribution in [2.24, 2.45) is 0 Å². The monoisotopic (exact) mass is 147 g/mol. The molecule has 2 aromatic rings. The normalized spacial score (nSPS) is 10.7. The SMILES string of the molecule is Cc1cn2c(C)cnc2cn1. The Balaban J connectivity index is 2.87. The van der Waals surface area contributed by atoms with E-state index in [0.717, 1.165) is 17.0 Å². The van der Waals surface area contributed by atoms with E-state index in [1.807, 2.05) is 30.6 Å². The van der Waals surface area contributed by atoms with Crippen LogP contribution in [-0.2, 0) is 0 Å². The molecule has 0 fully saturated rings. The molecule has 56 valence electrons. The maximum atomic E-state index is 4.16. The Morgan fingerprint density at radius 3 is 2.82 bits per heavy atom. The van der Waals surface area contributed by atoms with Crippen LogP contribution in [0.15, 0.2) is 18.6 Å². The van der Waals surface area contributed by atoms with Gasteiger partial charge in [-0.1, -0.05) is 0 Å². The van der Waals surface area contributed by atoms with Gasteiger partial charge in [-0.25, -0.2) is 4.98 Å². The van der Waals surface area contributed by atoms with Crippen LogP contribution in [0.1, 0.15) is 11.4 Å². The average molecular weight is 147 g/mol. The van der Waals surface area contributed by atoms with Crippen molar-refractivity contribution in [3.63, 3.8) is 0 Å². The number of fused-ring (bicyclic) bond motifs is 1. The van der Waals surface area contributed by atoms with Gasteiger partial charge in [0.25, 0.3) is 0 Å². The van der Waals surface area contributed by atoms with E-state index in [0.29, 0.717) is 0 Å². The van der Waals surface area contributed by atoms with E-state index >= 15 is 0 Å². The number of aryl methyl sites for hydroxylation is 2. The van der Waals surface area contributed by atoms with E-state index in [2.05, 4.69) is 9.97 Å². The van der Waals surface area contributed by atoms with Crippen molar-refractivity contribution in [2.75, 3.05) is 0 Å². The molecule has 0 saturated heterocycles. The molecule has 0 aliphatic rings. The summed E-state index contributed by atoms with van der Waals surface area (Å²) in [6, 6.07) is 0. The van der Waals surface area contributed by atoms with Crippen LogP contribution in [0.4, 0.5) is 0 Å².